The Hall–Kier alpha value is -3.28. The van der Waals surface area contributed by atoms with Gasteiger partial charge in [-0.25, -0.2) is 4.99 Å². The zero-order chi connectivity index (χ0) is 18.4. The van der Waals surface area contributed by atoms with E-state index in [0.29, 0.717) is 30.5 Å². The molecule has 0 spiro atoms. The number of methoxy groups -OCH3 is 2. The Morgan fingerprint density at radius 1 is 1.08 bits per heavy atom. The van der Waals surface area contributed by atoms with Gasteiger partial charge in [-0.15, -0.1) is 0 Å². The highest BCUT2D eigenvalue weighted by molar-refractivity contribution is 5.85. The zero-order valence-electron chi connectivity index (χ0n) is 14.9. The maximum absolute atomic E-state index is 6.00. The van der Waals surface area contributed by atoms with Gasteiger partial charge >= 0.3 is 0 Å². The largest absolute Gasteiger partial charge is 0.493 e. The van der Waals surface area contributed by atoms with E-state index in [0.717, 1.165) is 22.0 Å². The number of nitrogens with zero attached hydrogens (tertiary/aromatic N) is 2. The lowest BCUT2D eigenvalue weighted by atomic mass is 10.1. The van der Waals surface area contributed by atoms with Crippen molar-refractivity contribution >= 4 is 16.7 Å². The van der Waals surface area contributed by atoms with Crippen LogP contribution in [0.4, 0.5) is 0 Å². The van der Waals surface area contributed by atoms with Gasteiger partial charge in [-0.2, -0.15) is 0 Å². The molecule has 1 aromatic heterocycles. The van der Waals surface area contributed by atoms with Gasteiger partial charge in [-0.3, -0.25) is 4.98 Å². The fourth-order valence-corrected chi connectivity index (χ4v) is 2.71. The summed E-state index contributed by atoms with van der Waals surface area (Å²) in [5.74, 6) is 1.73. The molecule has 0 radical (unpaired) electrons. The minimum absolute atomic E-state index is 0.370. The van der Waals surface area contributed by atoms with Crippen LogP contribution in [0.5, 0.6) is 11.5 Å². The smallest absolute Gasteiger partial charge is 0.189 e. The first-order valence-electron chi connectivity index (χ1n) is 8.28. The summed E-state index contributed by atoms with van der Waals surface area (Å²) < 4.78 is 10.5. The van der Waals surface area contributed by atoms with Crippen molar-refractivity contribution in [2.45, 2.75) is 13.1 Å². The molecule has 3 rings (SSSR count). The lowest BCUT2D eigenvalue weighted by molar-refractivity contribution is 0.354. The van der Waals surface area contributed by atoms with Crippen molar-refractivity contribution < 1.29 is 9.47 Å². The van der Waals surface area contributed by atoms with Crippen LogP contribution in [0, 0.1) is 0 Å². The molecule has 134 valence electrons. The molecule has 0 bridgehead atoms. The molecule has 0 aliphatic carbocycles. The normalized spacial score (nSPS) is 11.4. The Labute approximate surface area is 152 Å². The van der Waals surface area contributed by atoms with Crippen LogP contribution in [-0.4, -0.2) is 25.2 Å². The highest BCUT2D eigenvalue weighted by Gasteiger charge is 2.05. The number of aliphatic imine (C=N–C) groups is 1. The number of ether oxygens (including phenoxy) is 2. The summed E-state index contributed by atoms with van der Waals surface area (Å²) in [6.45, 7) is 0.963. The number of fused-ring (bicyclic) bond motifs is 1. The second kappa shape index (κ2) is 8.20. The Morgan fingerprint density at radius 2 is 1.88 bits per heavy atom. The number of pyridine rings is 1. The van der Waals surface area contributed by atoms with Crippen LogP contribution in [0.1, 0.15) is 11.3 Å². The number of benzene rings is 2. The Morgan fingerprint density at radius 3 is 2.69 bits per heavy atom. The van der Waals surface area contributed by atoms with Crippen molar-refractivity contribution in [3.63, 3.8) is 0 Å². The Kier molecular flexibility index (Phi) is 5.53. The van der Waals surface area contributed by atoms with E-state index < -0.39 is 0 Å². The van der Waals surface area contributed by atoms with Crippen LogP contribution in [0.15, 0.2) is 59.7 Å². The molecule has 3 aromatic rings. The average molecular weight is 350 g/mol. The third kappa shape index (κ3) is 4.03. The van der Waals surface area contributed by atoms with Gasteiger partial charge in [0.1, 0.15) is 0 Å². The molecular formula is C20H22N4O2. The van der Waals surface area contributed by atoms with E-state index in [1.807, 2.05) is 36.4 Å². The van der Waals surface area contributed by atoms with E-state index in [-0.39, 0.29) is 0 Å². The van der Waals surface area contributed by atoms with Gasteiger partial charge in [0.25, 0.3) is 0 Å². The minimum Gasteiger partial charge on any atom is -0.493 e. The quantitative estimate of drug-likeness (QED) is 0.528. The molecule has 0 unspecified atom stereocenters. The molecule has 6 heteroatoms. The van der Waals surface area contributed by atoms with E-state index in [1.165, 1.54) is 0 Å². The summed E-state index contributed by atoms with van der Waals surface area (Å²) in [6, 6.07) is 15.8. The topological polar surface area (TPSA) is 81.8 Å². The first kappa shape index (κ1) is 17.5. The summed E-state index contributed by atoms with van der Waals surface area (Å²) in [5, 5.41) is 5.38. The molecular weight excluding hydrogens is 328 g/mol. The summed E-state index contributed by atoms with van der Waals surface area (Å²) in [4.78, 5) is 8.82. The first-order valence-corrected chi connectivity index (χ1v) is 8.28. The van der Waals surface area contributed by atoms with Gasteiger partial charge in [-0.1, -0.05) is 30.3 Å². The van der Waals surface area contributed by atoms with Gasteiger partial charge < -0.3 is 20.5 Å². The molecule has 0 atom stereocenters. The number of hydrogen-bond acceptors (Lipinski definition) is 4. The third-order valence-electron chi connectivity index (χ3n) is 4.07. The number of rotatable bonds is 6. The molecule has 0 saturated heterocycles. The van der Waals surface area contributed by atoms with Crippen LogP contribution >= 0.6 is 0 Å². The Bertz CT molecular complexity index is 919. The van der Waals surface area contributed by atoms with E-state index in [2.05, 4.69) is 27.4 Å². The van der Waals surface area contributed by atoms with Gasteiger partial charge in [0.05, 0.1) is 33.0 Å². The van der Waals surface area contributed by atoms with Crippen LogP contribution in [0.25, 0.3) is 10.8 Å². The maximum atomic E-state index is 6.00. The predicted molar refractivity (Wildman–Crippen MR) is 103 cm³/mol. The lowest BCUT2D eigenvalue weighted by Gasteiger charge is -2.10. The summed E-state index contributed by atoms with van der Waals surface area (Å²) in [5.41, 5.74) is 7.91. The van der Waals surface area contributed by atoms with Crippen molar-refractivity contribution in [2.75, 3.05) is 14.2 Å². The van der Waals surface area contributed by atoms with E-state index >= 15 is 0 Å². The molecule has 6 nitrogen and oxygen atoms in total. The molecule has 1 heterocycles. The van der Waals surface area contributed by atoms with Crippen LogP contribution in [-0.2, 0) is 13.1 Å². The summed E-state index contributed by atoms with van der Waals surface area (Å²) >= 11 is 0. The van der Waals surface area contributed by atoms with Crippen molar-refractivity contribution in [3.8, 4) is 11.5 Å². The fourth-order valence-electron chi connectivity index (χ4n) is 2.71. The van der Waals surface area contributed by atoms with Crippen LogP contribution < -0.4 is 20.5 Å². The molecule has 0 saturated carbocycles. The number of nitrogens with one attached hydrogen (secondary N) is 1. The minimum atomic E-state index is 0.370. The highest BCUT2D eigenvalue weighted by Crippen LogP contribution is 2.27. The Balaban J connectivity index is 1.65. The number of guanidine groups is 1. The monoisotopic (exact) mass is 350 g/mol. The van der Waals surface area contributed by atoms with Crippen LogP contribution in [0.2, 0.25) is 0 Å². The number of aromatic nitrogens is 1. The standard InChI is InChI=1S/C20H22N4O2/c1-25-18-8-7-14(11-19(18)26-2)12-23-20(21)24-13-17-16-6-4-3-5-15(16)9-10-22-17/h3-11H,12-13H2,1-2H3,(H3,21,23,24). The lowest BCUT2D eigenvalue weighted by Crippen LogP contribution is -2.31. The van der Waals surface area contributed by atoms with Crippen molar-refractivity contribution in [2.24, 2.45) is 10.7 Å². The van der Waals surface area contributed by atoms with Crippen LogP contribution in [0.3, 0.4) is 0 Å². The van der Waals surface area contributed by atoms with Gasteiger partial charge in [-0.05, 0) is 29.1 Å². The van der Waals surface area contributed by atoms with Gasteiger partial charge in [0.15, 0.2) is 17.5 Å². The van der Waals surface area contributed by atoms with E-state index in [4.69, 9.17) is 15.2 Å². The maximum Gasteiger partial charge on any atom is 0.189 e. The van der Waals surface area contributed by atoms with Gasteiger partial charge in [0.2, 0.25) is 0 Å². The number of hydrogen-bond donors (Lipinski definition) is 2. The van der Waals surface area contributed by atoms with Crippen molar-refractivity contribution in [1.82, 2.24) is 10.3 Å². The molecule has 3 N–H and O–H groups in total. The third-order valence-corrected chi connectivity index (χ3v) is 4.07. The zero-order valence-corrected chi connectivity index (χ0v) is 14.9. The molecule has 0 aliphatic heterocycles. The molecule has 0 fully saturated rings. The molecule has 0 aliphatic rings. The van der Waals surface area contributed by atoms with E-state index in [9.17, 15) is 0 Å². The first-order chi connectivity index (χ1) is 12.7. The van der Waals surface area contributed by atoms with E-state index in [1.54, 1.807) is 20.4 Å². The molecule has 0 amide bonds. The molecule has 26 heavy (non-hydrogen) atoms. The fraction of sp³-hybridized carbons (Fsp3) is 0.200. The number of nitrogens with two attached hydrogens (primary N) is 1. The second-order valence-electron chi connectivity index (χ2n) is 5.72. The molecule has 2 aromatic carbocycles. The average Bonchev–Trinajstić information content (AvgIpc) is 2.70. The van der Waals surface area contributed by atoms with Gasteiger partial charge in [0, 0.05) is 11.6 Å². The summed E-state index contributed by atoms with van der Waals surface area (Å²) in [6.07, 6.45) is 1.80. The SMILES string of the molecule is COc1ccc(CN=C(N)NCc2nccc3ccccc23)cc1OC. The second-order valence-corrected chi connectivity index (χ2v) is 5.72. The summed E-state index contributed by atoms with van der Waals surface area (Å²) in [7, 11) is 3.22. The predicted octanol–water partition coefficient (Wildman–Crippen LogP) is 2.86. The van der Waals surface area contributed by atoms with Crippen molar-refractivity contribution in [3.05, 3.63) is 66.0 Å². The highest BCUT2D eigenvalue weighted by atomic mass is 16.5. The van der Waals surface area contributed by atoms with Crippen molar-refractivity contribution in [1.29, 1.82) is 0 Å².